The van der Waals surface area contributed by atoms with Crippen LogP contribution >= 0.6 is 0 Å². The molecule has 0 aliphatic carbocycles. The van der Waals surface area contributed by atoms with E-state index >= 15 is 0 Å². The Bertz CT molecular complexity index is 263. The number of nitrogens with one attached hydrogen (secondary N) is 1. The van der Waals surface area contributed by atoms with Gasteiger partial charge in [-0.25, -0.2) is 0 Å². The average molecular weight is 181 g/mol. The second kappa shape index (κ2) is 3.92. The van der Waals surface area contributed by atoms with Crippen LogP contribution in [0.1, 0.15) is 26.5 Å². The van der Waals surface area contributed by atoms with E-state index in [9.17, 15) is 0 Å². The van der Waals surface area contributed by atoms with Crippen molar-refractivity contribution in [2.45, 2.75) is 39.3 Å². The highest BCUT2D eigenvalue weighted by Gasteiger charge is 2.16. The van der Waals surface area contributed by atoms with Crippen LogP contribution in [-0.2, 0) is 13.0 Å². The maximum atomic E-state index is 4.44. The van der Waals surface area contributed by atoms with Crippen LogP contribution in [-0.4, -0.2) is 22.4 Å². The third-order valence-corrected chi connectivity index (χ3v) is 2.32. The molecule has 0 saturated carbocycles. The zero-order valence-electron chi connectivity index (χ0n) is 8.96. The number of hydrogen-bond acceptors (Lipinski definition) is 2. The van der Waals surface area contributed by atoms with E-state index in [1.165, 1.54) is 0 Å². The first-order chi connectivity index (χ1) is 6.07. The van der Waals surface area contributed by atoms with Crippen LogP contribution in [0.2, 0.25) is 0 Å². The molecule has 1 rings (SSSR count). The molecule has 74 valence electrons. The van der Waals surface area contributed by atoms with E-state index in [1.807, 2.05) is 17.9 Å². The predicted octanol–water partition coefficient (Wildman–Crippen LogP) is 1.44. The zero-order chi connectivity index (χ0) is 9.90. The van der Waals surface area contributed by atoms with E-state index in [4.69, 9.17) is 0 Å². The van der Waals surface area contributed by atoms with Crippen molar-refractivity contribution in [3.8, 4) is 0 Å². The molecule has 0 spiro atoms. The predicted molar refractivity (Wildman–Crippen MR) is 54.7 cm³/mol. The lowest BCUT2D eigenvalue weighted by molar-refractivity contribution is 0.415. The summed E-state index contributed by atoms with van der Waals surface area (Å²) in [5.41, 5.74) is 1.29. The van der Waals surface area contributed by atoms with Crippen molar-refractivity contribution in [3.05, 3.63) is 18.0 Å². The summed E-state index contributed by atoms with van der Waals surface area (Å²) in [6.45, 7) is 7.40. The molecular weight excluding hydrogens is 162 g/mol. The first-order valence-electron chi connectivity index (χ1n) is 4.78. The van der Waals surface area contributed by atoms with Crippen LogP contribution in [0.5, 0.6) is 0 Å². The van der Waals surface area contributed by atoms with Crippen molar-refractivity contribution in [2.24, 2.45) is 0 Å². The lowest BCUT2D eigenvalue weighted by atomic mass is 9.99. The van der Waals surface area contributed by atoms with Gasteiger partial charge in [0, 0.05) is 24.7 Å². The third-order valence-electron chi connectivity index (χ3n) is 2.32. The number of aromatic nitrogens is 2. The molecule has 13 heavy (non-hydrogen) atoms. The zero-order valence-corrected chi connectivity index (χ0v) is 8.96. The number of hydrogen-bond donors (Lipinski definition) is 1. The monoisotopic (exact) mass is 181 g/mol. The van der Waals surface area contributed by atoms with Gasteiger partial charge >= 0.3 is 0 Å². The molecule has 1 aromatic heterocycles. The van der Waals surface area contributed by atoms with Gasteiger partial charge in [-0.1, -0.05) is 0 Å². The van der Waals surface area contributed by atoms with Crippen molar-refractivity contribution in [1.82, 2.24) is 15.1 Å². The minimum absolute atomic E-state index is 0.132. The Balaban J connectivity index is 2.63. The quantitative estimate of drug-likeness (QED) is 0.761. The third kappa shape index (κ3) is 2.84. The van der Waals surface area contributed by atoms with Gasteiger partial charge in [-0.15, -0.1) is 0 Å². The molecule has 0 amide bonds. The summed E-state index contributed by atoms with van der Waals surface area (Å²) >= 11 is 0. The Morgan fingerprint density at radius 3 is 2.69 bits per heavy atom. The Labute approximate surface area is 80.1 Å². The molecule has 0 unspecified atom stereocenters. The van der Waals surface area contributed by atoms with Crippen LogP contribution < -0.4 is 5.32 Å². The van der Waals surface area contributed by atoms with Crippen LogP contribution in [0, 0.1) is 0 Å². The van der Waals surface area contributed by atoms with E-state index in [1.54, 1.807) is 0 Å². The molecule has 0 aromatic carbocycles. The fourth-order valence-electron chi connectivity index (χ4n) is 1.22. The van der Waals surface area contributed by atoms with E-state index in [2.05, 4.69) is 37.3 Å². The molecule has 0 saturated heterocycles. The van der Waals surface area contributed by atoms with Gasteiger partial charge in [0.2, 0.25) is 0 Å². The van der Waals surface area contributed by atoms with Crippen LogP contribution in [0.15, 0.2) is 12.3 Å². The lowest BCUT2D eigenvalue weighted by Gasteiger charge is -2.22. The van der Waals surface area contributed by atoms with Gasteiger partial charge in [0.15, 0.2) is 0 Å². The van der Waals surface area contributed by atoms with Crippen LogP contribution in [0.25, 0.3) is 0 Å². The average Bonchev–Trinajstić information content (AvgIpc) is 2.52. The lowest BCUT2D eigenvalue weighted by Crippen LogP contribution is -2.38. The molecule has 0 fully saturated rings. The van der Waals surface area contributed by atoms with Gasteiger partial charge in [0.1, 0.15) is 0 Å². The van der Waals surface area contributed by atoms with Gasteiger partial charge in [0.05, 0.1) is 5.69 Å². The smallest absolute Gasteiger partial charge is 0.0642 e. The summed E-state index contributed by atoms with van der Waals surface area (Å²) in [6, 6.07) is 2.09. The van der Waals surface area contributed by atoms with Gasteiger partial charge in [-0.3, -0.25) is 4.68 Å². The normalized spacial score (nSPS) is 12.0. The Morgan fingerprint density at radius 2 is 2.23 bits per heavy atom. The number of nitrogens with zero attached hydrogens (tertiary/aromatic N) is 2. The minimum Gasteiger partial charge on any atom is -0.314 e. The van der Waals surface area contributed by atoms with E-state index in [0.717, 1.165) is 18.7 Å². The van der Waals surface area contributed by atoms with Gasteiger partial charge in [-0.2, -0.15) is 5.10 Å². The molecule has 1 N–H and O–H groups in total. The SMILES string of the molecule is CCn1ccc(CC(C)(C)NC)n1. The first kappa shape index (κ1) is 10.3. The van der Waals surface area contributed by atoms with Gasteiger partial charge < -0.3 is 5.32 Å². The number of aryl methyl sites for hydroxylation is 1. The summed E-state index contributed by atoms with van der Waals surface area (Å²) in [5, 5.41) is 7.71. The molecule has 3 heteroatoms. The van der Waals surface area contributed by atoms with E-state index in [-0.39, 0.29) is 5.54 Å². The fourth-order valence-corrected chi connectivity index (χ4v) is 1.22. The number of likely N-dealkylation sites (N-methyl/N-ethyl adjacent to an activating group) is 1. The molecular formula is C10H19N3. The minimum atomic E-state index is 0.132. The highest BCUT2D eigenvalue weighted by atomic mass is 15.3. The van der Waals surface area contributed by atoms with Gasteiger partial charge in [0.25, 0.3) is 0 Å². The molecule has 1 aromatic rings. The Hall–Kier alpha value is -0.830. The second-order valence-corrected chi connectivity index (χ2v) is 3.97. The van der Waals surface area contributed by atoms with Crippen molar-refractivity contribution in [1.29, 1.82) is 0 Å². The number of rotatable bonds is 4. The summed E-state index contributed by atoms with van der Waals surface area (Å²) < 4.78 is 1.96. The molecule has 3 nitrogen and oxygen atoms in total. The molecule has 0 aliphatic rings. The Morgan fingerprint density at radius 1 is 1.54 bits per heavy atom. The molecule has 0 bridgehead atoms. The fraction of sp³-hybridized carbons (Fsp3) is 0.700. The summed E-state index contributed by atoms with van der Waals surface area (Å²) in [6.07, 6.45) is 3.00. The summed E-state index contributed by atoms with van der Waals surface area (Å²) in [7, 11) is 1.98. The standard InChI is InChI=1S/C10H19N3/c1-5-13-7-6-9(12-13)8-10(2,3)11-4/h6-7,11H,5,8H2,1-4H3. The van der Waals surface area contributed by atoms with Crippen molar-refractivity contribution >= 4 is 0 Å². The molecule has 0 aliphatic heterocycles. The van der Waals surface area contributed by atoms with Gasteiger partial charge in [-0.05, 0) is 33.9 Å². The van der Waals surface area contributed by atoms with Crippen molar-refractivity contribution in [2.75, 3.05) is 7.05 Å². The highest BCUT2D eigenvalue weighted by Crippen LogP contribution is 2.09. The summed E-state index contributed by atoms with van der Waals surface area (Å²) in [4.78, 5) is 0. The molecule has 0 radical (unpaired) electrons. The summed E-state index contributed by atoms with van der Waals surface area (Å²) in [5.74, 6) is 0. The van der Waals surface area contributed by atoms with E-state index in [0.29, 0.717) is 0 Å². The van der Waals surface area contributed by atoms with Crippen molar-refractivity contribution in [3.63, 3.8) is 0 Å². The maximum absolute atomic E-state index is 4.44. The highest BCUT2D eigenvalue weighted by molar-refractivity contribution is 5.03. The van der Waals surface area contributed by atoms with E-state index < -0.39 is 0 Å². The molecule has 1 heterocycles. The second-order valence-electron chi connectivity index (χ2n) is 3.97. The molecule has 0 atom stereocenters. The van der Waals surface area contributed by atoms with Crippen molar-refractivity contribution < 1.29 is 0 Å². The largest absolute Gasteiger partial charge is 0.314 e. The van der Waals surface area contributed by atoms with Crippen LogP contribution in [0.3, 0.4) is 0 Å². The maximum Gasteiger partial charge on any atom is 0.0642 e. The first-order valence-corrected chi connectivity index (χ1v) is 4.78. The van der Waals surface area contributed by atoms with Crippen LogP contribution in [0.4, 0.5) is 0 Å². The Kier molecular flexibility index (Phi) is 3.09. The topological polar surface area (TPSA) is 29.9 Å².